The summed E-state index contributed by atoms with van der Waals surface area (Å²) in [6, 6.07) is 12.7. The van der Waals surface area contributed by atoms with Crippen molar-refractivity contribution in [2.24, 2.45) is 0 Å². The lowest BCUT2D eigenvalue weighted by Crippen LogP contribution is -2.19. The van der Waals surface area contributed by atoms with Gasteiger partial charge in [0, 0.05) is 10.2 Å². The standard InChI is InChI=1S/C16H14BrN3O2S/c1-2-22-11-8-6-10(7-9-11)18-15(21)20-16-19-14-12(17)4-3-5-13(14)23-16/h3-9H,2H2,1H3,(H2,18,19,20,21). The van der Waals surface area contributed by atoms with Gasteiger partial charge >= 0.3 is 6.03 Å². The number of halogens is 1. The molecule has 118 valence electrons. The summed E-state index contributed by atoms with van der Waals surface area (Å²) in [5.41, 5.74) is 1.53. The van der Waals surface area contributed by atoms with Gasteiger partial charge in [-0.15, -0.1) is 0 Å². The number of urea groups is 1. The molecule has 2 amide bonds. The maximum atomic E-state index is 12.1. The maximum Gasteiger partial charge on any atom is 0.325 e. The van der Waals surface area contributed by atoms with Gasteiger partial charge in [-0.3, -0.25) is 5.32 Å². The molecule has 0 aliphatic rings. The second-order valence-electron chi connectivity index (χ2n) is 4.64. The van der Waals surface area contributed by atoms with Gasteiger partial charge in [-0.25, -0.2) is 9.78 Å². The third kappa shape index (κ3) is 3.80. The van der Waals surface area contributed by atoms with Gasteiger partial charge in [-0.1, -0.05) is 17.4 Å². The van der Waals surface area contributed by atoms with Crippen molar-refractivity contribution < 1.29 is 9.53 Å². The molecule has 0 bridgehead atoms. The number of amides is 2. The predicted octanol–water partition coefficient (Wildman–Crippen LogP) is 5.10. The van der Waals surface area contributed by atoms with E-state index in [2.05, 4.69) is 31.5 Å². The fraction of sp³-hybridized carbons (Fsp3) is 0.125. The molecule has 0 aliphatic carbocycles. The third-order valence-electron chi connectivity index (χ3n) is 3.01. The number of nitrogens with one attached hydrogen (secondary N) is 2. The minimum Gasteiger partial charge on any atom is -0.494 e. The molecule has 0 aliphatic heterocycles. The molecule has 0 atom stereocenters. The van der Waals surface area contributed by atoms with Gasteiger partial charge in [0.05, 0.1) is 16.8 Å². The van der Waals surface area contributed by atoms with E-state index < -0.39 is 0 Å². The number of carbonyl (C=O) groups excluding carboxylic acids is 1. The zero-order valence-electron chi connectivity index (χ0n) is 12.3. The van der Waals surface area contributed by atoms with Crippen molar-refractivity contribution in [2.45, 2.75) is 6.92 Å². The Balaban J connectivity index is 1.67. The van der Waals surface area contributed by atoms with Gasteiger partial charge in [0.2, 0.25) is 0 Å². The van der Waals surface area contributed by atoms with Gasteiger partial charge in [0.25, 0.3) is 0 Å². The Kier molecular flexibility index (Phi) is 4.78. The van der Waals surface area contributed by atoms with E-state index in [1.54, 1.807) is 12.1 Å². The van der Waals surface area contributed by atoms with Crippen LogP contribution in [0.15, 0.2) is 46.9 Å². The number of thiazole rings is 1. The molecule has 2 aromatic carbocycles. The Morgan fingerprint density at radius 1 is 1.22 bits per heavy atom. The van der Waals surface area contributed by atoms with Crippen molar-refractivity contribution in [3.05, 3.63) is 46.9 Å². The number of para-hydroxylation sites is 1. The first-order chi connectivity index (χ1) is 11.2. The van der Waals surface area contributed by atoms with Crippen LogP contribution in [0.25, 0.3) is 10.2 Å². The van der Waals surface area contributed by atoms with Gasteiger partial charge in [0.1, 0.15) is 5.75 Å². The van der Waals surface area contributed by atoms with Crippen LogP contribution < -0.4 is 15.4 Å². The molecule has 0 unspecified atom stereocenters. The van der Waals surface area contributed by atoms with Gasteiger partial charge in [-0.2, -0.15) is 0 Å². The number of hydrogen-bond donors (Lipinski definition) is 2. The zero-order chi connectivity index (χ0) is 16.2. The second-order valence-corrected chi connectivity index (χ2v) is 6.53. The smallest absolute Gasteiger partial charge is 0.325 e. The van der Waals surface area contributed by atoms with E-state index in [1.165, 1.54) is 11.3 Å². The van der Waals surface area contributed by atoms with Crippen LogP contribution in [-0.4, -0.2) is 17.6 Å². The molecular weight excluding hydrogens is 378 g/mol. The van der Waals surface area contributed by atoms with Crippen molar-refractivity contribution in [1.82, 2.24) is 4.98 Å². The van der Waals surface area contributed by atoms with Crippen molar-refractivity contribution in [3.8, 4) is 5.75 Å². The first-order valence-corrected chi connectivity index (χ1v) is 8.62. The SMILES string of the molecule is CCOc1ccc(NC(=O)Nc2nc3c(Br)cccc3s2)cc1. The molecule has 3 rings (SSSR count). The normalized spacial score (nSPS) is 10.5. The van der Waals surface area contributed by atoms with Crippen LogP contribution in [0.1, 0.15) is 6.92 Å². The molecule has 0 saturated heterocycles. The first kappa shape index (κ1) is 15.8. The van der Waals surface area contributed by atoms with Crippen LogP contribution in [0, 0.1) is 0 Å². The van der Waals surface area contributed by atoms with Crippen LogP contribution in [0.4, 0.5) is 15.6 Å². The molecular formula is C16H14BrN3O2S. The maximum absolute atomic E-state index is 12.1. The highest BCUT2D eigenvalue weighted by Crippen LogP contribution is 2.30. The van der Waals surface area contributed by atoms with Gasteiger partial charge < -0.3 is 10.1 Å². The average Bonchev–Trinajstić information content (AvgIpc) is 2.93. The van der Waals surface area contributed by atoms with Crippen LogP contribution in [-0.2, 0) is 0 Å². The number of benzene rings is 2. The van der Waals surface area contributed by atoms with Crippen molar-refractivity contribution >= 4 is 54.3 Å². The number of carbonyl (C=O) groups is 1. The molecule has 7 heteroatoms. The number of hydrogen-bond acceptors (Lipinski definition) is 4. The molecule has 5 nitrogen and oxygen atoms in total. The van der Waals surface area contributed by atoms with Crippen molar-refractivity contribution in [3.63, 3.8) is 0 Å². The van der Waals surface area contributed by atoms with Crippen LogP contribution in [0.2, 0.25) is 0 Å². The van der Waals surface area contributed by atoms with E-state index in [4.69, 9.17) is 4.74 Å². The van der Waals surface area contributed by atoms with E-state index in [0.717, 1.165) is 20.4 Å². The van der Waals surface area contributed by atoms with E-state index in [9.17, 15) is 4.79 Å². The van der Waals surface area contributed by atoms with E-state index >= 15 is 0 Å². The number of nitrogens with zero attached hydrogens (tertiary/aromatic N) is 1. The fourth-order valence-electron chi connectivity index (χ4n) is 2.03. The fourth-order valence-corrected chi connectivity index (χ4v) is 3.50. The van der Waals surface area contributed by atoms with Gasteiger partial charge in [-0.05, 0) is 59.3 Å². The highest BCUT2D eigenvalue weighted by molar-refractivity contribution is 9.10. The summed E-state index contributed by atoms with van der Waals surface area (Å²) in [7, 11) is 0. The highest BCUT2D eigenvalue weighted by atomic mass is 79.9. The third-order valence-corrected chi connectivity index (χ3v) is 4.59. The Hall–Kier alpha value is -2.12. The number of rotatable bonds is 4. The van der Waals surface area contributed by atoms with Crippen molar-refractivity contribution in [2.75, 3.05) is 17.2 Å². The molecule has 0 saturated carbocycles. The Labute approximate surface area is 145 Å². The highest BCUT2D eigenvalue weighted by Gasteiger charge is 2.09. The summed E-state index contributed by atoms with van der Waals surface area (Å²) in [6.45, 7) is 2.54. The molecule has 0 fully saturated rings. The molecule has 1 aromatic heterocycles. The van der Waals surface area contributed by atoms with Gasteiger partial charge in [0.15, 0.2) is 5.13 Å². The number of fused-ring (bicyclic) bond motifs is 1. The lowest BCUT2D eigenvalue weighted by atomic mass is 10.3. The quantitative estimate of drug-likeness (QED) is 0.649. The largest absolute Gasteiger partial charge is 0.494 e. The predicted molar refractivity (Wildman–Crippen MR) is 97.6 cm³/mol. The van der Waals surface area contributed by atoms with E-state index in [1.807, 2.05) is 37.3 Å². The molecule has 2 N–H and O–H groups in total. The number of aromatic nitrogens is 1. The summed E-state index contributed by atoms with van der Waals surface area (Å²) in [5, 5.41) is 6.07. The van der Waals surface area contributed by atoms with E-state index in [-0.39, 0.29) is 6.03 Å². The molecule has 0 radical (unpaired) electrons. The second kappa shape index (κ2) is 6.97. The monoisotopic (exact) mass is 391 g/mol. The summed E-state index contributed by atoms with van der Waals surface area (Å²) < 4.78 is 7.28. The first-order valence-electron chi connectivity index (χ1n) is 7.01. The lowest BCUT2D eigenvalue weighted by Gasteiger charge is -2.07. The zero-order valence-corrected chi connectivity index (χ0v) is 14.7. The Morgan fingerprint density at radius 2 is 2.00 bits per heavy atom. The Morgan fingerprint density at radius 3 is 2.70 bits per heavy atom. The summed E-state index contributed by atoms with van der Waals surface area (Å²) in [6.07, 6.45) is 0. The van der Waals surface area contributed by atoms with Crippen LogP contribution in [0.5, 0.6) is 5.75 Å². The minimum atomic E-state index is -0.329. The number of ether oxygens (including phenoxy) is 1. The molecule has 1 heterocycles. The van der Waals surface area contributed by atoms with E-state index in [0.29, 0.717) is 17.4 Å². The van der Waals surface area contributed by atoms with Crippen LogP contribution in [0.3, 0.4) is 0 Å². The Bertz CT molecular complexity index is 833. The van der Waals surface area contributed by atoms with Crippen molar-refractivity contribution in [1.29, 1.82) is 0 Å². The topological polar surface area (TPSA) is 63.2 Å². The summed E-state index contributed by atoms with van der Waals surface area (Å²) >= 11 is 4.88. The summed E-state index contributed by atoms with van der Waals surface area (Å²) in [4.78, 5) is 16.5. The molecule has 0 spiro atoms. The molecule has 23 heavy (non-hydrogen) atoms. The number of anilines is 2. The average molecular weight is 392 g/mol. The molecule has 3 aromatic rings. The summed E-state index contributed by atoms with van der Waals surface area (Å²) in [5.74, 6) is 0.773. The lowest BCUT2D eigenvalue weighted by molar-refractivity contribution is 0.262. The minimum absolute atomic E-state index is 0.329. The van der Waals surface area contributed by atoms with Crippen LogP contribution >= 0.6 is 27.3 Å².